The van der Waals surface area contributed by atoms with Crippen LogP contribution in [0.25, 0.3) is 0 Å². The Morgan fingerprint density at radius 3 is 2.80 bits per heavy atom. The summed E-state index contributed by atoms with van der Waals surface area (Å²) in [6, 6.07) is 0.635. The summed E-state index contributed by atoms with van der Waals surface area (Å²) >= 11 is 0. The van der Waals surface area contributed by atoms with E-state index in [2.05, 4.69) is 18.7 Å². The molecule has 0 aromatic rings. The maximum Gasteiger partial charge on any atom is 0.303 e. The van der Waals surface area contributed by atoms with Crippen molar-refractivity contribution in [2.75, 3.05) is 13.1 Å². The van der Waals surface area contributed by atoms with E-state index in [-0.39, 0.29) is 0 Å². The van der Waals surface area contributed by atoms with Gasteiger partial charge in [-0.15, -0.1) is 0 Å². The Morgan fingerprint density at radius 2 is 2.27 bits per heavy atom. The highest BCUT2D eigenvalue weighted by atomic mass is 16.4. The highest BCUT2D eigenvalue weighted by Crippen LogP contribution is 2.50. The minimum Gasteiger partial charge on any atom is -0.481 e. The van der Waals surface area contributed by atoms with Crippen LogP contribution in [0.4, 0.5) is 0 Å². The molecule has 0 spiro atoms. The molecule has 1 saturated carbocycles. The summed E-state index contributed by atoms with van der Waals surface area (Å²) in [6.45, 7) is 6.73. The van der Waals surface area contributed by atoms with Gasteiger partial charge in [0.25, 0.3) is 0 Å². The zero-order valence-electron chi connectivity index (χ0n) is 9.70. The fraction of sp³-hybridized carbons (Fsp3) is 0.917. The van der Waals surface area contributed by atoms with Crippen molar-refractivity contribution in [3.05, 3.63) is 0 Å². The Labute approximate surface area is 91.5 Å². The van der Waals surface area contributed by atoms with Gasteiger partial charge in [-0.25, -0.2) is 0 Å². The standard InChI is InChI=1S/C12H21NO2/c1-9(12(2)4-5-12)13-6-3-10(8-13)7-11(14)15/h9-10H,3-8H2,1-2H3,(H,14,15). The molecule has 0 bridgehead atoms. The number of nitrogens with zero attached hydrogens (tertiary/aromatic N) is 1. The Kier molecular flexibility index (Phi) is 2.75. The first-order valence-electron chi connectivity index (χ1n) is 5.97. The summed E-state index contributed by atoms with van der Waals surface area (Å²) in [4.78, 5) is 13.1. The molecule has 2 rings (SSSR count). The van der Waals surface area contributed by atoms with Gasteiger partial charge < -0.3 is 5.11 Å². The normalized spacial score (nSPS) is 31.5. The lowest BCUT2D eigenvalue weighted by Crippen LogP contribution is -2.37. The van der Waals surface area contributed by atoms with Crippen LogP contribution in [-0.2, 0) is 4.79 Å². The van der Waals surface area contributed by atoms with Gasteiger partial charge in [0.05, 0.1) is 0 Å². The van der Waals surface area contributed by atoms with Gasteiger partial charge in [-0.05, 0) is 44.1 Å². The number of aliphatic carboxylic acids is 1. The molecule has 2 aliphatic rings. The van der Waals surface area contributed by atoms with Crippen LogP contribution in [0.3, 0.4) is 0 Å². The largest absolute Gasteiger partial charge is 0.481 e. The topological polar surface area (TPSA) is 40.5 Å². The molecule has 0 aromatic heterocycles. The predicted octanol–water partition coefficient (Wildman–Crippen LogP) is 1.97. The van der Waals surface area contributed by atoms with E-state index in [1.165, 1.54) is 12.8 Å². The third-order valence-corrected chi connectivity index (χ3v) is 4.38. The third-order valence-electron chi connectivity index (χ3n) is 4.38. The van der Waals surface area contributed by atoms with E-state index in [9.17, 15) is 4.79 Å². The van der Waals surface area contributed by atoms with Gasteiger partial charge in [-0.3, -0.25) is 9.69 Å². The first kappa shape index (κ1) is 10.9. The second-order valence-electron chi connectivity index (χ2n) is 5.58. The van der Waals surface area contributed by atoms with E-state index in [1.54, 1.807) is 0 Å². The number of carboxylic acid groups (broad SMARTS) is 1. The number of hydrogen-bond acceptors (Lipinski definition) is 2. The molecule has 86 valence electrons. The molecule has 0 amide bonds. The highest BCUT2D eigenvalue weighted by molar-refractivity contribution is 5.67. The number of rotatable bonds is 4. The van der Waals surface area contributed by atoms with E-state index >= 15 is 0 Å². The van der Waals surface area contributed by atoms with Gasteiger partial charge in [0.1, 0.15) is 0 Å². The number of hydrogen-bond donors (Lipinski definition) is 1. The van der Waals surface area contributed by atoms with E-state index in [0.29, 0.717) is 23.8 Å². The van der Waals surface area contributed by atoms with Crippen molar-refractivity contribution >= 4 is 5.97 Å². The summed E-state index contributed by atoms with van der Waals surface area (Å²) in [5, 5.41) is 8.75. The van der Waals surface area contributed by atoms with Crippen molar-refractivity contribution in [3.8, 4) is 0 Å². The van der Waals surface area contributed by atoms with Crippen molar-refractivity contribution in [1.82, 2.24) is 4.90 Å². The molecule has 1 aliphatic heterocycles. The lowest BCUT2D eigenvalue weighted by atomic mass is 9.99. The number of likely N-dealkylation sites (tertiary alicyclic amines) is 1. The van der Waals surface area contributed by atoms with E-state index in [4.69, 9.17) is 5.11 Å². The maximum atomic E-state index is 10.6. The van der Waals surface area contributed by atoms with E-state index < -0.39 is 5.97 Å². The van der Waals surface area contributed by atoms with Crippen molar-refractivity contribution in [2.45, 2.75) is 45.6 Å². The zero-order valence-corrected chi connectivity index (χ0v) is 9.70. The molecule has 3 heteroatoms. The van der Waals surface area contributed by atoms with Gasteiger partial charge >= 0.3 is 5.97 Å². The SMILES string of the molecule is CC(N1CCC(CC(=O)O)C1)C1(C)CC1. The van der Waals surface area contributed by atoms with Crippen molar-refractivity contribution < 1.29 is 9.90 Å². The Morgan fingerprint density at radius 1 is 1.60 bits per heavy atom. The minimum absolute atomic E-state index is 0.347. The van der Waals surface area contributed by atoms with Gasteiger partial charge in [-0.2, -0.15) is 0 Å². The second-order valence-corrected chi connectivity index (χ2v) is 5.58. The average Bonchev–Trinajstić information content (AvgIpc) is 2.75. The molecule has 1 N–H and O–H groups in total. The smallest absolute Gasteiger partial charge is 0.303 e. The molecule has 1 saturated heterocycles. The van der Waals surface area contributed by atoms with Crippen LogP contribution in [0.15, 0.2) is 0 Å². The summed E-state index contributed by atoms with van der Waals surface area (Å²) in [6.07, 6.45) is 4.09. The molecule has 3 nitrogen and oxygen atoms in total. The molecular weight excluding hydrogens is 190 g/mol. The predicted molar refractivity (Wildman–Crippen MR) is 58.7 cm³/mol. The Hall–Kier alpha value is -0.570. The molecule has 2 fully saturated rings. The van der Waals surface area contributed by atoms with Crippen molar-refractivity contribution in [1.29, 1.82) is 0 Å². The van der Waals surface area contributed by atoms with E-state index in [1.807, 2.05) is 0 Å². The Balaban J connectivity index is 1.84. The van der Waals surface area contributed by atoms with Crippen molar-refractivity contribution in [2.24, 2.45) is 11.3 Å². The molecule has 0 radical (unpaired) electrons. The van der Waals surface area contributed by atoms with E-state index in [0.717, 1.165) is 19.5 Å². The second kappa shape index (κ2) is 3.78. The summed E-state index contributed by atoms with van der Waals surface area (Å²) in [7, 11) is 0. The minimum atomic E-state index is -0.646. The van der Waals surface area contributed by atoms with Crippen molar-refractivity contribution in [3.63, 3.8) is 0 Å². The molecule has 2 atom stereocenters. The van der Waals surface area contributed by atoms with Crippen LogP contribution in [0, 0.1) is 11.3 Å². The molecule has 0 aromatic carbocycles. The molecule has 1 aliphatic carbocycles. The molecule has 1 heterocycles. The van der Waals surface area contributed by atoms with Gasteiger partial charge in [0, 0.05) is 19.0 Å². The molecular formula is C12H21NO2. The first-order valence-corrected chi connectivity index (χ1v) is 5.97. The average molecular weight is 211 g/mol. The summed E-state index contributed by atoms with van der Waals surface area (Å²) < 4.78 is 0. The lowest BCUT2D eigenvalue weighted by molar-refractivity contribution is -0.138. The van der Waals surface area contributed by atoms with Crippen LogP contribution >= 0.6 is 0 Å². The maximum absolute atomic E-state index is 10.6. The fourth-order valence-electron chi connectivity index (χ4n) is 2.68. The molecule has 2 unspecified atom stereocenters. The van der Waals surface area contributed by atoms with Crippen LogP contribution in [0.2, 0.25) is 0 Å². The number of carboxylic acids is 1. The summed E-state index contributed by atoms with van der Waals surface area (Å²) in [5.41, 5.74) is 0.526. The number of carbonyl (C=O) groups is 1. The van der Waals surface area contributed by atoms with Crippen LogP contribution in [0.5, 0.6) is 0 Å². The quantitative estimate of drug-likeness (QED) is 0.773. The Bertz CT molecular complexity index is 260. The van der Waals surface area contributed by atoms with Crippen LogP contribution in [-0.4, -0.2) is 35.1 Å². The molecule has 15 heavy (non-hydrogen) atoms. The zero-order chi connectivity index (χ0) is 11.1. The first-order chi connectivity index (χ1) is 7.01. The van der Waals surface area contributed by atoms with Gasteiger partial charge in [0.15, 0.2) is 0 Å². The highest BCUT2D eigenvalue weighted by Gasteiger charge is 2.46. The van der Waals surface area contributed by atoms with Crippen LogP contribution < -0.4 is 0 Å². The van der Waals surface area contributed by atoms with Gasteiger partial charge in [0.2, 0.25) is 0 Å². The third kappa shape index (κ3) is 2.33. The monoisotopic (exact) mass is 211 g/mol. The lowest BCUT2D eigenvalue weighted by Gasteiger charge is -2.29. The van der Waals surface area contributed by atoms with Gasteiger partial charge in [-0.1, -0.05) is 6.92 Å². The van der Waals surface area contributed by atoms with Crippen LogP contribution in [0.1, 0.15) is 39.5 Å². The fourth-order valence-corrected chi connectivity index (χ4v) is 2.68. The summed E-state index contributed by atoms with van der Waals surface area (Å²) in [5.74, 6) is -0.264.